The number of halogens is 1. The van der Waals surface area contributed by atoms with E-state index in [0.717, 1.165) is 27.7 Å². The molecule has 2 heterocycles. The van der Waals surface area contributed by atoms with Crippen LogP contribution in [0.25, 0.3) is 10.9 Å². The molecule has 3 aromatic rings. The van der Waals surface area contributed by atoms with Gasteiger partial charge in [-0.1, -0.05) is 24.3 Å². The Balaban J connectivity index is 2.11. The zero-order chi connectivity index (χ0) is 14.8. The van der Waals surface area contributed by atoms with Crippen LogP contribution in [-0.4, -0.2) is 26.5 Å². The number of aryl methyl sites for hydroxylation is 1. The van der Waals surface area contributed by atoms with Crippen molar-refractivity contribution in [2.24, 2.45) is 7.05 Å². The van der Waals surface area contributed by atoms with Gasteiger partial charge in [0.1, 0.15) is 0 Å². The summed E-state index contributed by atoms with van der Waals surface area (Å²) >= 11 is 3.49. The summed E-state index contributed by atoms with van der Waals surface area (Å²) in [6.45, 7) is 2.95. The van der Waals surface area contributed by atoms with Gasteiger partial charge in [0, 0.05) is 18.6 Å². The van der Waals surface area contributed by atoms with E-state index in [1.807, 2.05) is 25.4 Å². The molecule has 1 unspecified atom stereocenters. The van der Waals surface area contributed by atoms with Gasteiger partial charge < -0.3 is 5.32 Å². The van der Waals surface area contributed by atoms with Gasteiger partial charge in [0.2, 0.25) is 0 Å². The minimum Gasteiger partial charge on any atom is -0.305 e. The molecule has 0 radical (unpaired) electrons. The second kappa shape index (κ2) is 5.91. The molecule has 1 atom stereocenters. The van der Waals surface area contributed by atoms with Crippen LogP contribution in [0.4, 0.5) is 0 Å². The largest absolute Gasteiger partial charge is 0.305 e. The van der Waals surface area contributed by atoms with Crippen LogP contribution in [0, 0.1) is 0 Å². The van der Waals surface area contributed by atoms with Crippen molar-refractivity contribution in [3.05, 3.63) is 52.4 Å². The number of hydrogen-bond acceptors (Lipinski definition) is 4. The Bertz CT molecular complexity index is 748. The van der Waals surface area contributed by atoms with Crippen molar-refractivity contribution >= 4 is 26.8 Å². The Morgan fingerprint density at radius 3 is 2.90 bits per heavy atom. The molecule has 0 aliphatic rings. The van der Waals surface area contributed by atoms with Gasteiger partial charge in [-0.25, -0.2) is 4.68 Å². The van der Waals surface area contributed by atoms with Crippen molar-refractivity contribution in [1.82, 2.24) is 25.3 Å². The van der Waals surface area contributed by atoms with Crippen molar-refractivity contribution < 1.29 is 0 Å². The van der Waals surface area contributed by atoms with Crippen molar-refractivity contribution in [2.75, 3.05) is 6.54 Å². The lowest BCUT2D eigenvalue weighted by molar-refractivity contribution is 0.567. The molecule has 1 aromatic carbocycles. The monoisotopic (exact) mass is 345 g/mol. The van der Waals surface area contributed by atoms with Gasteiger partial charge in [-0.2, -0.15) is 0 Å². The van der Waals surface area contributed by atoms with Gasteiger partial charge >= 0.3 is 0 Å². The minimum absolute atomic E-state index is 0.0361. The summed E-state index contributed by atoms with van der Waals surface area (Å²) in [6.07, 6.45) is 1.81. The molecule has 0 spiro atoms. The van der Waals surface area contributed by atoms with E-state index in [9.17, 15) is 0 Å². The SMILES string of the molecule is CCNC(c1ccc2ncccc2c1)c1c(Br)nnn1C. The number of nitrogens with one attached hydrogen (secondary N) is 1. The smallest absolute Gasteiger partial charge is 0.153 e. The molecule has 0 aliphatic heterocycles. The summed E-state index contributed by atoms with van der Waals surface area (Å²) in [5.74, 6) is 0. The summed E-state index contributed by atoms with van der Waals surface area (Å²) in [5, 5.41) is 12.8. The van der Waals surface area contributed by atoms with Crippen LogP contribution in [0.5, 0.6) is 0 Å². The predicted octanol–water partition coefficient (Wildman–Crippen LogP) is 2.82. The fourth-order valence-electron chi connectivity index (χ4n) is 2.50. The molecule has 108 valence electrons. The molecule has 0 saturated carbocycles. The van der Waals surface area contributed by atoms with E-state index >= 15 is 0 Å². The number of hydrogen-bond donors (Lipinski definition) is 1. The fraction of sp³-hybridized carbons (Fsp3) is 0.267. The Labute approximate surface area is 131 Å². The third kappa shape index (κ3) is 2.69. The van der Waals surface area contributed by atoms with Crippen LogP contribution < -0.4 is 5.32 Å². The van der Waals surface area contributed by atoms with Crippen LogP contribution in [0.1, 0.15) is 24.2 Å². The zero-order valence-electron chi connectivity index (χ0n) is 11.9. The van der Waals surface area contributed by atoms with Gasteiger partial charge in [-0.05, 0) is 46.2 Å². The van der Waals surface area contributed by atoms with Gasteiger partial charge in [0.15, 0.2) is 4.60 Å². The van der Waals surface area contributed by atoms with Crippen molar-refractivity contribution in [1.29, 1.82) is 0 Å². The van der Waals surface area contributed by atoms with E-state index in [4.69, 9.17) is 0 Å². The van der Waals surface area contributed by atoms with Crippen LogP contribution >= 0.6 is 15.9 Å². The van der Waals surface area contributed by atoms with Crippen molar-refractivity contribution in [2.45, 2.75) is 13.0 Å². The maximum Gasteiger partial charge on any atom is 0.153 e. The molecule has 0 aliphatic carbocycles. The quantitative estimate of drug-likeness (QED) is 0.789. The first kappa shape index (κ1) is 14.2. The highest BCUT2D eigenvalue weighted by Crippen LogP contribution is 2.28. The molecule has 3 rings (SSSR count). The average molecular weight is 346 g/mol. The second-order valence-corrected chi connectivity index (χ2v) is 5.59. The van der Waals surface area contributed by atoms with Gasteiger partial charge in [-0.15, -0.1) is 5.10 Å². The number of aromatic nitrogens is 4. The topological polar surface area (TPSA) is 55.6 Å². The maximum atomic E-state index is 4.37. The fourth-order valence-corrected chi connectivity index (χ4v) is 3.05. The molecule has 0 saturated heterocycles. The first-order valence-corrected chi connectivity index (χ1v) is 7.63. The molecular formula is C15H16BrN5. The first-order chi connectivity index (χ1) is 10.2. The third-order valence-corrected chi connectivity index (χ3v) is 4.03. The average Bonchev–Trinajstić information content (AvgIpc) is 2.84. The highest BCUT2D eigenvalue weighted by molar-refractivity contribution is 9.10. The van der Waals surface area contributed by atoms with E-state index in [0.29, 0.717) is 0 Å². The van der Waals surface area contributed by atoms with Gasteiger partial charge in [0.05, 0.1) is 17.3 Å². The molecule has 0 fully saturated rings. The van der Waals surface area contributed by atoms with E-state index in [2.05, 4.69) is 61.7 Å². The Hall–Kier alpha value is -1.79. The third-order valence-electron chi connectivity index (χ3n) is 3.47. The predicted molar refractivity (Wildman–Crippen MR) is 86.0 cm³/mol. The van der Waals surface area contributed by atoms with E-state index < -0.39 is 0 Å². The lowest BCUT2D eigenvalue weighted by Crippen LogP contribution is -2.24. The minimum atomic E-state index is 0.0361. The lowest BCUT2D eigenvalue weighted by Gasteiger charge is -2.19. The van der Waals surface area contributed by atoms with Crippen LogP contribution in [-0.2, 0) is 7.05 Å². The van der Waals surface area contributed by atoms with Gasteiger partial charge in [0.25, 0.3) is 0 Å². The number of pyridine rings is 1. The summed E-state index contributed by atoms with van der Waals surface area (Å²) in [6, 6.07) is 10.4. The van der Waals surface area contributed by atoms with Gasteiger partial charge in [-0.3, -0.25) is 4.98 Å². The molecule has 6 heteroatoms. The number of benzene rings is 1. The molecule has 0 bridgehead atoms. The van der Waals surface area contributed by atoms with Crippen molar-refractivity contribution in [3.63, 3.8) is 0 Å². The standard InChI is InChI=1S/C15H16BrN5/c1-3-17-13(14-15(16)19-20-21(14)2)11-6-7-12-10(9-11)5-4-8-18-12/h4-9,13,17H,3H2,1-2H3. The number of fused-ring (bicyclic) bond motifs is 1. The maximum absolute atomic E-state index is 4.37. The van der Waals surface area contributed by atoms with Crippen LogP contribution in [0.3, 0.4) is 0 Å². The zero-order valence-corrected chi connectivity index (χ0v) is 13.5. The van der Waals surface area contributed by atoms with Crippen molar-refractivity contribution in [3.8, 4) is 0 Å². The second-order valence-electron chi connectivity index (χ2n) is 4.84. The first-order valence-electron chi connectivity index (χ1n) is 6.84. The Kier molecular flexibility index (Phi) is 3.98. The summed E-state index contributed by atoms with van der Waals surface area (Å²) in [7, 11) is 1.90. The molecular weight excluding hydrogens is 330 g/mol. The summed E-state index contributed by atoms with van der Waals surface area (Å²) < 4.78 is 2.56. The van der Waals surface area contributed by atoms with Crippen LogP contribution in [0.2, 0.25) is 0 Å². The molecule has 0 amide bonds. The summed E-state index contributed by atoms with van der Waals surface area (Å²) in [4.78, 5) is 4.37. The number of nitrogens with zero attached hydrogens (tertiary/aromatic N) is 4. The Morgan fingerprint density at radius 2 is 2.19 bits per heavy atom. The van der Waals surface area contributed by atoms with Crippen LogP contribution in [0.15, 0.2) is 41.1 Å². The molecule has 2 aromatic heterocycles. The van der Waals surface area contributed by atoms with E-state index in [1.54, 1.807) is 4.68 Å². The molecule has 21 heavy (non-hydrogen) atoms. The summed E-state index contributed by atoms with van der Waals surface area (Å²) in [5.41, 5.74) is 3.18. The highest BCUT2D eigenvalue weighted by atomic mass is 79.9. The van der Waals surface area contributed by atoms with E-state index in [1.165, 1.54) is 5.56 Å². The molecule has 5 nitrogen and oxygen atoms in total. The lowest BCUT2D eigenvalue weighted by atomic mass is 10.0. The van der Waals surface area contributed by atoms with E-state index in [-0.39, 0.29) is 6.04 Å². The normalized spacial score (nSPS) is 12.7. The molecule has 1 N–H and O–H groups in total. The number of rotatable bonds is 4. The highest BCUT2D eigenvalue weighted by Gasteiger charge is 2.21. The Morgan fingerprint density at radius 1 is 1.33 bits per heavy atom.